The summed E-state index contributed by atoms with van der Waals surface area (Å²) in [6.07, 6.45) is 5.28. The molecular weight excluding hydrogens is 509 g/mol. The Hall–Kier alpha value is -1.72. The van der Waals surface area contributed by atoms with Gasteiger partial charge in [0.1, 0.15) is 5.82 Å². The summed E-state index contributed by atoms with van der Waals surface area (Å²) in [6.45, 7) is 2.84. The molecule has 30 heavy (non-hydrogen) atoms. The molecule has 1 aliphatic rings. The molecule has 0 amide bonds. The van der Waals surface area contributed by atoms with Gasteiger partial charge in [-0.05, 0) is 55.9 Å². The zero-order valence-electron chi connectivity index (χ0n) is 17.5. The van der Waals surface area contributed by atoms with Gasteiger partial charge in [0.25, 0.3) is 0 Å². The molecule has 162 valence electrons. The minimum absolute atomic E-state index is 0. The van der Waals surface area contributed by atoms with E-state index in [1.54, 1.807) is 0 Å². The van der Waals surface area contributed by atoms with Crippen molar-refractivity contribution in [2.75, 3.05) is 33.7 Å². The van der Waals surface area contributed by atoms with Gasteiger partial charge in [-0.3, -0.25) is 14.3 Å². The van der Waals surface area contributed by atoms with E-state index in [4.69, 9.17) is 0 Å². The van der Waals surface area contributed by atoms with E-state index in [0.717, 1.165) is 36.9 Å². The fourth-order valence-corrected chi connectivity index (χ4v) is 5.17. The topological polar surface area (TPSA) is 69.8 Å². The monoisotopic (exact) mass is 539 g/mol. The zero-order valence-corrected chi connectivity index (χ0v) is 20.6. The minimum atomic E-state index is 0. The lowest BCUT2D eigenvalue weighted by Gasteiger charge is -2.39. The number of halogens is 1. The normalized spacial score (nSPS) is 20.1. The Morgan fingerprint density at radius 2 is 2.13 bits per heavy atom. The number of guanidine groups is 1. The van der Waals surface area contributed by atoms with Crippen molar-refractivity contribution >= 4 is 46.9 Å². The summed E-state index contributed by atoms with van der Waals surface area (Å²) >= 11 is 1.86. The van der Waals surface area contributed by atoms with Crippen LogP contribution in [0.3, 0.4) is 0 Å². The van der Waals surface area contributed by atoms with Crippen molar-refractivity contribution in [3.05, 3.63) is 52.6 Å². The number of nitrogens with one attached hydrogen (secondary N) is 2. The Balaban J connectivity index is 0.00000256. The van der Waals surface area contributed by atoms with Gasteiger partial charge in [-0.2, -0.15) is 0 Å². The number of thiophene rings is 1. The van der Waals surface area contributed by atoms with Crippen LogP contribution in [0.1, 0.15) is 29.6 Å². The quantitative estimate of drug-likeness (QED) is 0.286. The molecule has 0 aromatic carbocycles. The summed E-state index contributed by atoms with van der Waals surface area (Å²) in [5.41, 5.74) is 0.881. The van der Waals surface area contributed by atoms with E-state index in [9.17, 15) is 0 Å². The van der Waals surface area contributed by atoms with Gasteiger partial charge < -0.3 is 10.6 Å². The Morgan fingerprint density at radius 3 is 2.93 bits per heavy atom. The summed E-state index contributed by atoms with van der Waals surface area (Å²) in [7, 11) is 4.07. The molecule has 0 radical (unpaired) electrons. The van der Waals surface area contributed by atoms with Crippen LogP contribution >= 0.6 is 35.3 Å². The lowest BCUT2D eigenvalue weighted by atomic mass is 9.88. The lowest BCUT2D eigenvalue weighted by Crippen LogP contribution is -2.45. The molecule has 0 spiro atoms. The van der Waals surface area contributed by atoms with Crippen molar-refractivity contribution < 1.29 is 0 Å². The molecule has 4 heterocycles. The number of aromatic nitrogens is 3. The summed E-state index contributed by atoms with van der Waals surface area (Å²) in [5.74, 6) is 2.37. The van der Waals surface area contributed by atoms with Crippen molar-refractivity contribution in [2.24, 2.45) is 10.9 Å². The van der Waals surface area contributed by atoms with Gasteiger partial charge in [-0.25, -0.2) is 0 Å². The fraction of sp³-hybridized carbons (Fsp3) is 0.476. The maximum absolute atomic E-state index is 4.40. The maximum atomic E-state index is 4.40. The third-order valence-electron chi connectivity index (χ3n) is 5.62. The summed E-state index contributed by atoms with van der Waals surface area (Å²) in [5, 5.41) is 17.6. The average molecular weight is 539 g/mol. The van der Waals surface area contributed by atoms with Crippen molar-refractivity contribution in [1.29, 1.82) is 0 Å². The van der Waals surface area contributed by atoms with E-state index in [2.05, 4.69) is 55.3 Å². The second-order valence-electron chi connectivity index (χ2n) is 7.52. The highest BCUT2D eigenvalue weighted by atomic mass is 127. The highest BCUT2D eigenvalue weighted by molar-refractivity contribution is 14.0. The number of piperidine rings is 1. The first-order valence-corrected chi connectivity index (χ1v) is 11.1. The predicted molar refractivity (Wildman–Crippen MR) is 134 cm³/mol. The van der Waals surface area contributed by atoms with Gasteiger partial charge in [-0.1, -0.05) is 12.1 Å². The van der Waals surface area contributed by atoms with Crippen LogP contribution in [0, 0.1) is 5.92 Å². The molecule has 2 atom stereocenters. The molecule has 9 heteroatoms. The molecule has 7 nitrogen and oxygen atoms in total. The van der Waals surface area contributed by atoms with Gasteiger partial charge in [0.2, 0.25) is 0 Å². The number of aliphatic imine (C=N–C) groups is 1. The van der Waals surface area contributed by atoms with Crippen LogP contribution in [0.15, 0.2) is 46.9 Å². The highest BCUT2D eigenvalue weighted by Gasteiger charge is 2.31. The first kappa shape index (κ1) is 23.0. The maximum Gasteiger partial charge on any atom is 0.191 e. The number of pyridine rings is 1. The average Bonchev–Trinajstić information content (AvgIpc) is 3.41. The Labute approximate surface area is 199 Å². The molecule has 3 aromatic heterocycles. The minimum Gasteiger partial charge on any atom is -0.356 e. The molecule has 3 aromatic rings. The summed E-state index contributed by atoms with van der Waals surface area (Å²) in [6, 6.07) is 10.8. The van der Waals surface area contributed by atoms with Gasteiger partial charge in [0.15, 0.2) is 11.6 Å². The van der Waals surface area contributed by atoms with Crippen molar-refractivity contribution in [2.45, 2.75) is 25.3 Å². The molecule has 2 unspecified atom stereocenters. The van der Waals surface area contributed by atoms with Crippen LogP contribution < -0.4 is 10.6 Å². The van der Waals surface area contributed by atoms with Crippen LogP contribution in [0.2, 0.25) is 0 Å². The summed E-state index contributed by atoms with van der Waals surface area (Å²) in [4.78, 5) is 8.35. The number of likely N-dealkylation sites (tertiary alicyclic amines) is 1. The van der Waals surface area contributed by atoms with Gasteiger partial charge >= 0.3 is 0 Å². The van der Waals surface area contributed by atoms with E-state index >= 15 is 0 Å². The Morgan fingerprint density at radius 1 is 1.23 bits per heavy atom. The van der Waals surface area contributed by atoms with Crippen LogP contribution in [-0.2, 0) is 6.42 Å². The smallest absolute Gasteiger partial charge is 0.191 e. The van der Waals surface area contributed by atoms with Gasteiger partial charge in [-0.15, -0.1) is 45.5 Å². The molecule has 0 saturated carbocycles. The molecule has 1 fully saturated rings. The molecular formula is C21H30IN7S. The molecule has 1 aliphatic heterocycles. The van der Waals surface area contributed by atoms with Crippen molar-refractivity contribution in [1.82, 2.24) is 30.1 Å². The van der Waals surface area contributed by atoms with Crippen LogP contribution in [0.5, 0.6) is 0 Å². The number of hydrogen-bond donors (Lipinski definition) is 2. The molecule has 1 saturated heterocycles. The molecule has 4 rings (SSSR count). The number of hydrogen-bond acceptors (Lipinski definition) is 5. The molecule has 2 N–H and O–H groups in total. The second kappa shape index (κ2) is 11.1. The Kier molecular flexibility index (Phi) is 8.46. The fourth-order valence-electron chi connectivity index (χ4n) is 4.18. The first-order valence-electron chi connectivity index (χ1n) is 10.2. The predicted octanol–water partition coefficient (Wildman–Crippen LogP) is 3.20. The van der Waals surface area contributed by atoms with E-state index in [0.29, 0.717) is 12.0 Å². The highest BCUT2D eigenvalue weighted by Crippen LogP contribution is 2.36. The number of nitrogens with zero attached hydrogens (tertiary/aromatic N) is 5. The number of rotatable bonds is 6. The van der Waals surface area contributed by atoms with Gasteiger partial charge in [0.05, 0.1) is 0 Å². The van der Waals surface area contributed by atoms with E-state index in [1.165, 1.54) is 24.3 Å². The largest absolute Gasteiger partial charge is 0.356 e. The molecule has 0 aliphatic carbocycles. The van der Waals surface area contributed by atoms with Gasteiger partial charge in [0, 0.05) is 43.7 Å². The zero-order chi connectivity index (χ0) is 20.1. The SMILES string of the molecule is CN=C(NCCc1nnc2ccccn12)NCC1CCCN(C)C1c1cccs1.I. The van der Waals surface area contributed by atoms with Crippen LogP contribution in [0.4, 0.5) is 0 Å². The third kappa shape index (κ3) is 5.30. The van der Waals surface area contributed by atoms with Crippen LogP contribution in [-0.4, -0.2) is 59.2 Å². The third-order valence-corrected chi connectivity index (χ3v) is 6.57. The van der Waals surface area contributed by atoms with E-state index in [1.807, 2.05) is 47.2 Å². The second-order valence-corrected chi connectivity index (χ2v) is 8.50. The van der Waals surface area contributed by atoms with E-state index < -0.39 is 0 Å². The lowest BCUT2D eigenvalue weighted by molar-refractivity contribution is 0.125. The molecule has 0 bridgehead atoms. The van der Waals surface area contributed by atoms with Crippen molar-refractivity contribution in [3.63, 3.8) is 0 Å². The standard InChI is InChI=1S/C21H29N7S.HI/c1-22-21(23-11-10-19-26-25-18-9-3-4-13-28(18)19)24-15-16-7-5-12-27(2)20(16)17-8-6-14-29-17;/h3-4,6,8-9,13-14,16,20H,5,7,10-12,15H2,1-2H3,(H2,22,23,24);1H. The van der Waals surface area contributed by atoms with Crippen LogP contribution in [0.25, 0.3) is 5.65 Å². The first-order chi connectivity index (χ1) is 14.3. The van der Waals surface area contributed by atoms with E-state index in [-0.39, 0.29) is 24.0 Å². The number of fused-ring (bicyclic) bond motifs is 1. The Bertz CT molecular complexity index is 940. The summed E-state index contributed by atoms with van der Waals surface area (Å²) < 4.78 is 2.03. The van der Waals surface area contributed by atoms with Crippen molar-refractivity contribution in [3.8, 4) is 0 Å².